The van der Waals surface area contributed by atoms with Crippen molar-refractivity contribution in [1.82, 2.24) is 4.90 Å². The Morgan fingerprint density at radius 2 is 2.33 bits per heavy atom. The second-order valence-electron chi connectivity index (χ2n) is 4.34. The van der Waals surface area contributed by atoms with E-state index in [-0.39, 0.29) is 11.6 Å². The molecule has 0 aliphatic carbocycles. The highest BCUT2D eigenvalue weighted by atomic mass is 19.1. The predicted octanol–water partition coefficient (Wildman–Crippen LogP) is 2.36. The van der Waals surface area contributed by atoms with Crippen LogP contribution in [0.2, 0.25) is 0 Å². The first kappa shape index (κ1) is 8.49. The number of hydrogen-bond donors (Lipinski definition) is 0. The molecule has 0 radical (unpaired) electrons. The van der Waals surface area contributed by atoms with Gasteiger partial charge in [-0.15, -0.1) is 0 Å². The highest BCUT2D eigenvalue weighted by Crippen LogP contribution is 2.45. The molecule has 2 aliphatic rings. The second-order valence-corrected chi connectivity index (χ2v) is 4.34. The molecule has 12 heavy (non-hydrogen) atoms. The lowest BCUT2D eigenvalue weighted by Crippen LogP contribution is -2.40. The number of fused-ring (bicyclic) bond motifs is 1. The molecule has 0 unspecified atom stereocenters. The van der Waals surface area contributed by atoms with E-state index < -0.39 is 6.17 Å². The first-order chi connectivity index (χ1) is 5.69. The van der Waals surface area contributed by atoms with Gasteiger partial charge in [0.2, 0.25) is 0 Å². The minimum atomic E-state index is -0.578. The third kappa shape index (κ3) is 0.936. The van der Waals surface area contributed by atoms with E-state index in [0.29, 0.717) is 0 Å². The maximum Gasteiger partial charge on any atom is 0.117 e. The van der Waals surface area contributed by atoms with Crippen molar-refractivity contribution in [1.29, 1.82) is 0 Å². The Hall–Kier alpha value is -0.110. The van der Waals surface area contributed by atoms with Crippen LogP contribution < -0.4 is 0 Å². The third-order valence-corrected chi connectivity index (χ3v) is 3.90. The molecule has 0 aromatic carbocycles. The van der Waals surface area contributed by atoms with Gasteiger partial charge in [-0.2, -0.15) is 0 Å². The van der Waals surface area contributed by atoms with Crippen molar-refractivity contribution in [2.45, 2.75) is 57.3 Å². The summed E-state index contributed by atoms with van der Waals surface area (Å²) in [7, 11) is 0. The Balaban J connectivity index is 2.22. The molecule has 2 saturated heterocycles. The standard InChI is InChI=1S/C10H18FN/c1-3-10-5-4-6-12(10)8(2)9(11)7-10/h8-9H,3-7H2,1-2H3/t8-,9+,10-/m0/s1. The lowest BCUT2D eigenvalue weighted by Gasteiger charge is -2.32. The van der Waals surface area contributed by atoms with Gasteiger partial charge in [-0.3, -0.25) is 4.90 Å². The van der Waals surface area contributed by atoms with Gasteiger partial charge >= 0.3 is 0 Å². The molecule has 0 spiro atoms. The maximum atomic E-state index is 13.4. The van der Waals surface area contributed by atoms with Crippen molar-refractivity contribution in [3.8, 4) is 0 Å². The zero-order chi connectivity index (χ0) is 8.77. The molecule has 0 aromatic rings. The molecule has 2 heterocycles. The Bertz CT molecular complexity index is 183. The molecular formula is C10H18FN. The van der Waals surface area contributed by atoms with E-state index >= 15 is 0 Å². The van der Waals surface area contributed by atoms with Crippen LogP contribution in [0.1, 0.15) is 39.5 Å². The van der Waals surface area contributed by atoms with Crippen molar-refractivity contribution in [3.63, 3.8) is 0 Å². The fraction of sp³-hybridized carbons (Fsp3) is 1.00. The first-order valence-electron chi connectivity index (χ1n) is 5.10. The Morgan fingerprint density at radius 3 is 2.92 bits per heavy atom. The van der Waals surface area contributed by atoms with Gasteiger partial charge in [0.1, 0.15) is 6.17 Å². The van der Waals surface area contributed by atoms with Crippen molar-refractivity contribution in [3.05, 3.63) is 0 Å². The highest BCUT2D eigenvalue weighted by molar-refractivity contribution is 5.06. The van der Waals surface area contributed by atoms with Gasteiger partial charge in [-0.1, -0.05) is 6.92 Å². The summed E-state index contributed by atoms with van der Waals surface area (Å²) in [6.07, 6.45) is 3.81. The lowest BCUT2D eigenvalue weighted by molar-refractivity contribution is 0.146. The van der Waals surface area contributed by atoms with Crippen molar-refractivity contribution < 1.29 is 4.39 Å². The van der Waals surface area contributed by atoms with Gasteiger partial charge in [0.15, 0.2) is 0 Å². The van der Waals surface area contributed by atoms with E-state index in [9.17, 15) is 4.39 Å². The van der Waals surface area contributed by atoms with Crippen molar-refractivity contribution >= 4 is 0 Å². The number of nitrogens with zero attached hydrogens (tertiary/aromatic N) is 1. The van der Waals surface area contributed by atoms with Crippen LogP contribution in [0.3, 0.4) is 0 Å². The second kappa shape index (κ2) is 2.69. The van der Waals surface area contributed by atoms with Crippen LogP contribution in [0.15, 0.2) is 0 Å². The summed E-state index contributed by atoms with van der Waals surface area (Å²) in [5, 5.41) is 0. The van der Waals surface area contributed by atoms with Crippen LogP contribution >= 0.6 is 0 Å². The molecule has 70 valence electrons. The van der Waals surface area contributed by atoms with Gasteiger partial charge in [-0.05, 0) is 39.2 Å². The zero-order valence-electron chi connectivity index (χ0n) is 8.02. The normalized spacial score (nSPS) is 48.2. The van der Waals surface area contributed by atoms with Crippen LogP contribution in [0.5, 0.6) is 0 Å². The molecule has 3 atom stereocenters. The Kier molecular flexibility index (Phi) is 1.90. The molecule has 0 aromatic heterocycles. The fourth-order valence-corrected chi connectivity index (χ4v) is 3.07. The molecule has 0 saturated carbocycles. The van der Waals surface area contributed by atoms with E-state index in [1.807, 2.05) is 6.92 Å². The summed E-state index contributed by atoms with van der Waals surface area (Å²) in [6.45, 7) is 5.35. The number of rotatable bonds is 1. The van der Waals surface area contributed by atoms with Crippen LogP contribution in [-0.2, 0) is 0 Å². The quantitative estimate of drug-likeness (QED) is 0.585. The summed E-state index contributed by atoms with van der Waals surface area (Å²) in [4.78, 5) is 2.40. The Morgan fingerprint density at radius 1 is 1.58 bits per heavy atom. The highest BCUT2D eigenvalue weighted by Gasteiger charge is 2.51. The van der Waals surface area contributed by atoms with Crippen LogP contribution in [-0.4, -0.2) is 29.2 Å². The monoisotopic (exact) mass is 171 g/mol. The zero-order valence-corrected chi connectivity index (χ0v) is 8.02. The molecule has 2 rings (SSSR count). The maximum absolute atomic E-state index is 13.4. The summed E-state index contributed by atoms with van der Waals surface area (Å²) < 4.78 is 13.4. The van der Waals surface area contributed by atoms with E-state index in [4.69, 9.17) is 0 Å². The van der Waals surface area contributed by atoms with E-state index in [1.165, 1.54) is 12.8 Å². The van der Waals surface area contributed by atoms with Crippen molar-refractivity contribution in [2.75, 3.05) is 6.54 Å². The average molecular weight is 171 g/mol. The predicted molar refractivity (Wildman–Crippen MR) is 47.9 cm³/mol. The third-order valence-electron chi connectivity index (χ3n) is 3.90. The largest absolute Gasteiger partial charge is 0.292 e. The van der Waals surface area contributed by atoms with E-state index in [1.54, 1.807) is 0 Å². The smallest absolute Gasteiger partial charge is 0.117 e. The van der Waals surface area contributed by atoms with Gasteiger partial charge in [0, 0.05) is 11.6 Å². The molecule has 0 amide bonds. The van der Waals surface area contributed by atoms with Gasteiger partial charge < -0.3 is 0 Å². The molecular weight excluding hydrogens is 153 g/mol. The minimum Gasteiger partial charge on any atom is -0.292 e. The van der Waals surface area contributed by atoms with Crippen molar-refractivity contribution in [2.24, 2.45) is 0 Å². The van der Waals surface area contributed by atoms with Crippen LogP contribution in [0.25, 0.3) is 0 Å². The molecule has 2 fully saturated rings. The number of alkyl halides is 1. The topological polar surface area (TPSA) is 3.24 Å². The Labute approximate surface area is 73.9 Å². The average Bonchev–Trinajstić information content (AvgIpc) is 2.55. The summed E-state index contributed by atoms with van der Waals surface area (Å²) in [5.41, 5.74) is 0.249. The molecule has 1 nitrogen and oxygen atoms in total. The lowest BCUT2D eigenvalue weighted by atomic mass is 9.91. The summed E-state index contributed by atoms with van der Waals surface area (Å²) >= 11 is 0. The minimum absolute atomic E-state index is 0.174. The van der Waals surface area contributed by atoms with E-state index in [0.717, 1.165) is 19.4 Å². The van der Waals surface area contributed by atoms with Gasteiger partial charge in [-0.25, -0.2) is 4.39 Å². The SMILES string of the molecule is CC[C@@]12CCCN1[C@@H](C)[C@H](F)C2. The summed E-state index contributed by atoms with van der Waals surface area (Å²) in [6, 6.07) is 0.174. The van der Waals surface area contributed by atoms with E-state index in [2.05, 4.69) is 11.8 Å². The molecule has 2 heteroatoms. The number of hydrogen-bond acceptors (Lipinski definition) is 1. The molecule has 0 bridgehead atoms. The molecule has 2 aliphatic heterocycles. The first-order valence-corrected chi connectivity index (χ1v) is 5.10. The molecule has 0 N–H and O–H groups in total. The van der Waals surface area contributed by atoms with Gasteiger partial charge in [0.05, 0.1) is 0 Å². The van der Waals surface area contributed by atoms with Crippen LogP contribution in [0, 0.1) is 0 Å². The summed E-state index contributed by atoms with van der Waals surface area (Å²) in [5.74, 6) is 0. The fourth-order valence-electron chi connectivity index (χ4n) is 3.07. The van der Waals surface area contributed by atoms with Gasteiger partial charge in [0.25, 0.3) is 0 Å². The number of halogens is 1. The van der Waals surface area contributed by atoms with Crippen LogP contribution in [0.4, 0.5) is 4.39 Å².